The molecule has 0 fully saturated rings. The first-order chi connectivity index (χ1) is 27.2. The third kappa shape index (κ3) is 3.72. The SMILES string of the molecule is C[Si]1(c2ccccc2)c2cccc3c2B2c4c(cccc4N(c4ccc5c(c4)oc4ccccc45)c4cccc1c42)N3c1ccc2c(c1)oc1ccccc12. The van der Waals surface area contributed by atoms with Crippen molar-refractivity contribution in [3.8, 4) is 0 Å². The van der Waals surface area contributed by atoms with Crippen LogP contribution in [-0.4, -0.2) is 14.8 Å². The standard InChI is InChI=1S/C49H31BN2O2Si/c1-55(32-12-3-2-4-13-32)45-22-10-18-39-48(45)50-47-37(51(39)30-24-26-35-33-14-5-7-20-41(33)53-43(35)28-30)16-9-17-38(47)52(40-19-11-23-46(55)49(40)50)31-25-27-36-34-15-6-8-21-42(34)54-44(36)29-31/h2-29H,1H3. The van der Waals surface area contributed by atoms with Crippen molar-refractivity contribution in [2.45, 2.75) is 6.55 Å². The monoisotopic (exact) mass is 718 g/mol. The lowest BCUT2D eigenvalue weighted by Gasteiger charge is -2.50. The van der Waals surface area contributed by atoms with Crippen LogP contribution >= 0.6 is 0 Å². The molecule has 2 aromatic heterocycles. The van der Waals surface area contributed by atoms with Gasteiger partial charge in [-0.15, -0.1) is 0 Å². The van der Waals surface area contributed by atoms with Gasteiger partial charge < -0.3 is 18.6 Å². The second-order valence-corrected chi connectivity index (χ2v) is 19.2. The molecule has 0 radical (unpaired) electrons. The number of hydrogen-bond donors (Lipinski definition) is 0. The van der Waals surface area contributed by atoms with E-state index in [0.29, 0.717) is 0 Å². The van der Waals surface area contributed by atoms with Crippen molar-refractivity contribution >= 4 is 125 Å². The van der Waals surface area contributed by atoms with Gasteiger partial charge in [0, 0.05) is 67.8 Å². The van der Waals surface area contributed by atoms with E-state index in [0.717, 1.165) is 55.3 Å². The van der Waals surface area contributed by atoms with Gasteiger partial charge in [0.2, 0.25) is 0 Å². The second-order valence-electron chi connectivity index (χ2n) is 15.3. The minimum Gasteiger partial charge on any atom is -0.456 e. The molecule has 256 valence electrons. The average Bonchev–Trinajstić information content (AvgIpc) is 3.80. The average molecular weight is 719 g/mol. The Morgan fingerprint density at radius 3 is 1.36 bits per heavy atom. The van der Waals surface area contributed by atoms with Gasteiger partial charge >= 0.3 is 0 Å². The lowest BCUT2D eigenvalue weighted by atomic mass is 9.33. The molecule has 0 amide bonds. The van der Waals surface area contributed by atoms with E-state index >= 15 is 0 Å². The first kappa shape index (κ1) is 29.7. The fourth-order valence-corrected chi connectivity index (χ4v) is 14.6. The number of fused-ring (bicyclic) bond motifs is 6. The highest BCUT2D eigenvalue weighted by molar-refractivity contribution is 7.21. The molecule has 8 aromatic carbocycles. The van der Waals surface area contributed by atoms with Gasteiger partial charge in [-0.1, -0.05) is 114 Å². The molecule has 0 saturated heterocycles. The van der Waals surface area contributed by atoms with Crippen LogP contribution < -0.4 is 41.7 Å². The van der Waals surface area contributed by atoms with Crippen molar-refractivity contribution in [1.29, 1.82) is 0 Å². The Hall–Kier alpha value is -6.76. The third-order valence-electron chi connectivity index (χ3n) is 12.7. The summed E-state index contributed by atoms with van der Waals surface area (Å²) in [7, 11) is -2.52. The molecule has 0 saturated carbocycles. The Labute approximate surface area is 318 Å². The number of furan rings is 2. The van der Waals surface area contributed by atoms with Gasteiger partial charge in [0.1, 0.15) is 30.4 Å². The maximum absolute atomic E-state index is 6.50. The van der Waals surface area contributed by atoms with Crippen LogP contribution in [0.4, 0.5) is 34.1 Å². The quantitative estimate of drug-likeness (QED) is 0.171. The number of rotatable bonds is 3. The molecule has 13 rings (SSSR count). The highest BCUT2D eigenvalue weighted by Crippen LogP contribution is 2.46. The van der Waals surface area contributed by atoms with Gasteiger partial charge in [-0.2, -0.15) is 0 Å². The maximum Gasteiger partial charge on any atom is 0.251 e. The molecule has 0 spiro atoms. The largest absolute Gasteiger partial charge is 0.456 e. The van der Waals surface area contributed by atoms with Gasteiger partial charge in [-0.25, -0.2) is 0 Å². The molecule has 0 bridgehead atoms. The number of anilines is 6. The van der Waals surface area contributed by atoms with Gasteiger partial charge in [-0.05, 0) is 82.2 Å². The fraction of sp³-hybridized carbons (Fsp3) is 0.0204. The zero-order valence-electron chi connectivity index (χ0n) is 30.0. The van der Waals surface area contributed by atoms with E-state index in [-0.39, 0.29) is 6.71 Å². The summed E-state index contributed by atoms with van der Waals surface area (Å²) in [6.45, 7) is 2.65. The van der Waals surface area contributed by atoms with E-state index in [9.17, 15) is 0 Å². The first-order valence-corrected chi connectivity index (χ1v) is 21.5. The highest BCUT2D eigenvalue weighted by Gasteiger charge is 2.53. The Balaban J connectivity index is 1.13. The second kappa shape index (κ2) is 10.5. The third-order valence-corrected chi connectivity index (χ3v) is 17.2. The van der Waals surface area contributed by atoms with Crippen LogP contribution in [-0.2, 0) is 0 Å². The molecule has 0 unspecified atom stereocenters. The van der Waals surface area contributed by atoms with Crippen LogP contribution in [0.2, 0.25) is 6.55 Å². The highest BCUT2D eigenvalue weighted by atomic mass is 28.3. The molecule has 10 aromatic rings. The van der Waals surface area contributed by atoms with E-state index in [2.05, 4.69) is 174 Å². The lowest BCUT2D eigenvalue weighted by molar-refractivity contribution is 0.668. The number of para-hydroxylation sites is 2. The van der Waals surface area contributed by atoms with E-state index in [1.807, 2.05) is 12.1 Å². The van der Waals surface area contributed by atoms with Crippen LogP contribution in [0.15, 0.2) is 179 Å². The number of benzene rings is 8. The molecule has 0 atom stereocenters. The summed E-state index contributed by atoms with van der Waals surface area (Å²) < 4.78 is 13.0. The van der Waals surface area contributed by atoms with Crippen LogP contribution in [0.1, 0.15) is 0 Å². The summed E-state index contributed by atoms with van der Waals surface area (Å²) in [4.78, 5) is 5.00. The Morgan fingerprint density at radius 2 is 0.836 bits per heavy atom. The normalized spacial score (nSPS) is 14.7. The predicted octanol–water partition coefficient (Wildman–Crippen LogP) is 8.98. The summed E-state index contributed by atoms with van der Waals surface area (Å²) in [5, 5.41) is 8.94. The van der Waals surface area contributed by atoms with Crippen molar-refractivity contribution < 1.29 is 8.83 Å². The zero-order valence-corrected chi connectivity index (χ0v) is 31.0. The molecule has 3 aliphatic heterocycles. The smallest absolute Gasteiger partial charge is 0.251 e. The van der Waals surface area contributed by atoms with Crippen molar-refractivity contribution in [3.05, 3.63) is 170 Å². The molecule has 0 aliphatic carbocycles. The van der Waals surface area contributed by atoms with Crippen LogP contribution in [0, 0.1) is 0 Å². The summed E-state index contributed by atoms with van der Waals surface area (Å²) >= 11 is 0. The molecular weight excluding hydrogens is 687 g/mol. The Morgan fingerprint density at radius 1 is 0.400 bits per heavy atom. The Kier molecular flexibility index (Phi) is 5.65. The van der Waals surface area contributed by atoms with Gasteiger partial charge in [0.05, 0.1) is 0 Å². The van der Waals surface area contributed by atoms with Gasteiger partial charge in [0.15, 0.2) is 0 Å². The lowest BCUT2D eigenvalue weighted by Crippen LogP contribution is -2.83. The number of nitrogens with zero attached hydrogens (tertiary/aromatic N) is 2. The molecule has 4 nitrogen and oxygen atoms in total. The molecule has 0 N–H and O–H groups in total. The van der Waals surface area contributed by atoms with Gasteiger partial charge in [0.25, 0.3) is 6.71 Å². The van der Waals surface area contributed by atoms with Crippen molar-refractivity contribution in [3.63, 3.8) is 0 Å². The summed E-state index contributed by atoms with van der Waals surface area (Å²) in [5.41, 5.74) is 14.9. The number of hydrogen-bond acceptors (Lipinski definition) is 4. The summed E-state index contributed by atoms with van der Waals surface area (Å²) in [6.07, 6.45) is 0. The first-order valence-electron chi connectivity index (χ1n) is 19.0. The molecule has 3 aliphatic rings. The minimum atomic E-state index is -2.52. The van der Waals surface area contributed by atoms with Crippen LogP contribution in [0.5, 0.6) is 0 Å². The zero-order chi connectivity index (χ0) is 36.0. The van der Waals surface area contributed by atoms with Crippen LogP contribution in [0.25, 0.3) is 43.9 Å². The molecule has 6 heteroatoms. The van der Waals surface area contributed by atoms with Crippen molar-refractivity contribution in [2.75, 3.05) is 9.80 Å². The molecule has 55 heavy (non-hydrogen) atoms. The van der Waals surface area contributed by atoms with Gasteiger partial charge in [-0.3, -0.25) is 0 Å². The van der Waals surface area contributed by atoms with Crippen LogP contribution in [0.3, 0.4) is 0 Å². The predicted molar refractivity (Wildman–Crippen MR) is 232 cm³/mol. The van der Waals surface area contributed by atoms with E-state index in [1.54, 1.807) is 0 Å². The molecular formula is C49H31BN2O2Si. The van der Waals surface area contributed by atoms with E-state index in [4.69, 9.17) is 8.83 Å². The van der Waals surface area contributed by atoms with Crippen molar-refractivity contribution in [2.24, 2.45) is 0 Å². The van der Waals surface area contributed by atoms with E-state index in [1.165, 1.54) is 54.7 Å². The maximum atomic E-state index is 6.50. The fourth-order valence-electron chi connectivity index (χ4n) is 10.4. The van der Waals surface area contributed by atoms with Crippen molar-refractivity contribution in [1.82, 2.24) is 0 Å². The molecule has 5 heterocycles. The van der Waals surface area contributed by atoms with E-state index < -0.39 is 8.07 Å². The Bertz CT molecular complexity index is 3080. The minimum absolute atomic E-state index is 0.0882. The summed E-state index contributed by atoms with van der Waals surface area (Å²) in [5.74, 6) is 0. The summed E-state index contributed by atoms with van der Waals surface area (Å²) in [6, 6.07) is 62.4. The topological polar surface area (TPSA) is 32.8 Å².